The number of rotatable bonds is 5. The second-order valence-corrected chi connectivity index (χ2v) is 7.20. The summed E-state index contributed by atoms with van der Waals surface area (Å²) in [5, 5.41) is 5.35. The van der Waals surface area contributed by atoms with Gasteiger partial charge in [0.1, 0.15) is 5.75 Å². The van der Waals surface area contributed by atoms with Gasteiger partial charge >= 0.3 is 0 Å². The number of benzene rings is 2. The lowest BCUT2D eigenvalue weighted by molar-refractivity contribution is 0.102. The zero-order chi connectivity index (χ0) is 19.3. The summed E-state index contributed by atoms with van der Waals surface area (Å²) in [7, 11) is 1.63. The second-order valence-electron chi connectivity index (χ2n) is 6.34. The first-order valence-corrected chi connectivity index (χ1v) is 9.95. The molecule has 1 fully saturated rings. The molecule has 28 heavy (non-hydrogen) atoms. The molecule has 144 valence electrons. The highest BCUT2D eigenvalue weighted by atomic mass is 32.1. The van der Waals surface area contributed by atoms with E-state index in [1.54, 1.807) is 7.11 Å². The molecule has 2 aromatic carbocycles. The van der Waals surface area contributed by atoms with E-state index in [1.165, 1.54) is 11.3 Å². The van der Waals surface area contributed by atoms with E-state index in [-0.39, 0.29) is 5.91 Å². The Kier molecular flexibility index (Phi) is 5.55. The topological polar surface area (TPSA) is 63.7 Å². The van der Waals surface area contributed by atoms with Crippen LogP contribution in [0.5, 0.6) is 5.75 Å². The van der Waals surface area contributed by atoms with E-state index in [4.69, 9.17) is 9.47 Å². The van der Waals surface area contributed by atoms with Crippen molar-refractivity contribution in [3.63, 3.8) is 0 Å². The van der Waals surface area contributed by atoms with Gasteiger partial charge < -0.3 is 14.4 Å². The monoisotopic (exact) mass is 395 g/mol. The van der Waals surface area contributed by atoms with E-state index in [9.17, 15) is 4.79 Å². The number of para-hydroxylation sites is 1. The molecule has 3 aromatic rings. The zero-order valence-corrected chi connectivity index (χ0v) is 16.4. The van der Waals surface area contributed by atoms with Crippen molar-refractivity contribution in [2.75, 3.05) is 43.6 Å². The number of hydrogen-bond donors (Lipinski definition) is 1. The number of carbonyl (C=O) groups excluding carboxylic acids is 1. The smallest absolute Gasteiger partial charge is 0.257 e. The van der Waals surface area contributed by atoms with Crippen LogP contribution in [0.1, 0.15) is 10.4 Å². The average molecular weight is 395 g/mol. The molecule has 0 aliphatic carbocycles. The number of carbonyl (C=O) groups is 1. The molecule has 6 nitrogen and oxygen atoms in total. The Hall–Kier alpha value is -2.90. The number of morpholine rings is 1. The molecule has 0 saturated carbocycles. The van der Waals surface area contributed by atoms with Crippen LogP contribution in [0.3, 0.4) is 0 Å². The molecule has 7 heteroatoms. The van der Waals surface area contributed by atoms with Gasteiger partial charge in [-0.3, -0.25) is 10.1 Å². The molecule has 0 radical (unpaired) electrons. The number of ether oxygens (including phenoxy) is 2. The van der Waals surface area contributed by atoms with Crippen LogP contribution in [-0.2, 0) is 4.74 Å². The Morgan fingerprint density at radius 3 is 2.64 bits per heavy atom. The summed E-state index contributed by atoms with van der Waals surface area (Å²) >= 11 is 1.39. The maximum absolute atomic E-state index is 12.6. The molecule has 1 N–H and O–H groups in total. The number of aromatic nitrogens is 1. The second kappa shape index (κ2) is 8.41. The van der Waals surface area contributed by atoms with Crippen LogP contribution in [-0.4, -0.2) is 44.3 Å². The molecule has 1 saturated heterocycles. The molecule has 1 aliphatic heterocycles. The third-order valence-electron chi connectivity index (χ3n) is 4.61. The molecule has 0 unspecified atom stereocenters. The van der Waals surface area contributed by atoms with Crippen molar-refractivity contribution in [1.29, 1.82) is 0 Å². The number of amides is 1. The van der Waals surface area contributed by atoms with Gasteiger partial charge in [-0.2, -0.15) is 0 Å². The Morgan fingerprint density at radius 1 is 1.14 bits per heavy atom. The van der Waals surface area contributed by atoms with Crippen molar-refractivity contribution in [2.45, 2.75) is 0 Å². The number of hydrogen-bond acceptors (Lipinski definition) is 6. The minimum atomic E-state index is -0.172. The third kappa shape index (κ3) is 4.00. The minimum absolute atomic E-state index is 0.172. The molecular weight excluding hydrogens is 374 g/mol. The van der Waals surface area contributed by atoms with Gasteiger partial charge in [-0.1, -0.05) is 12.1 Å². The molecule has 0 atom stereocenters. The fourth-order valence-corrected chi connectivity index (χ4v) is 3.83. The lowest BCUT2D eigenvalue weighted by Gasteiger charge is -2.28. The fourth-order valence-electron chi connectivity index (χ4n) is 3.13. The van der Waals surface area contributed by atoms with E-state index in [0.717, 1.165) is 49.0 Å². The Morgan fingerprint density at radius 2 is 1.89 bits per heavy atom. The molecule has 2 heterocycles. The van der Waals surface area contributed by atoms with Crippen LogP contribution in [0.15, 0.2) is 53.9 Å². The first-order chi connectivity index (χ1) is 13.7. The van der Waals surface area contributed by atoms with Gasteiger partial charge in [0.15, 0.2) is 5.13 Å². The number of nitrogens with one attached hydrogen (secondary N) is 1. The van der Waals surface area contributed by atoms with Crippen LogP contribution < -0.4 is 15.0 Å². The van der Waals surface area contributed by atoms with Crippen molar-refractivity contribution in [1.82, 2.24) is 4.98 Å². The third-order valence-corrected chi connectivity index (χ3v) is 5.37. The lowest BCUT2D eigenvalue weighted by atomic mass is 10.1. The van der Waals surface area contributed by atoms with Gasteiger partial charge in [0, 0.05) is 35.3 Å². The maximum atomic E-state index is 12.6. The van der Waals surface area contributed by atoms with E-state index < -0.39 is 0 Å². The largest absolute Gasteiger partial charge is 0.496 e. The number of thiazole rings is 1. The number of anilines is 2. The Bertz CT molecular complexity index is 950. The molecule has 0 spiro atoms. The van der Waals surface area contributed by atoms with Gasteiger partial charge in [0.25, 0.3) is 5.91 Å². The van der Waals surface area contributed by atoms with Crippen molar-refractivity contribution >= 4 is 28.1 Å². The fraction of sp³-hybridized carbons (Fsp3) is 0.238. The lowest BCUT2D eigenvalue weighted by Crippen LogP contribution is -2.36. The standard InChI is InChI=1S/C21H21N3O3S/c1-26-19-5-3-2-4-17(19)18-14-28-21(22-18)23-20(25)15-6-8-16(9-7-15)24-10-12-27-13-11-24/h2-9,14H,10-13H2,1H3,(H,22,23,25). The predicted molar refractivity (Wildman–Crippen MR) is 112 cm³/mol. The quantitative estimate of drug-likeness (QED) is 0.710. The Balaban J connectivity index is 1.44. The highest BCUT2D eigenvalue weighted by Gasteiger charge is 2.14. The predicted octanol–water partition coefficient (Wildman–Crippen LogP) is 3.91. The van der Waals surface area contributed by atoms with Crippen molar-refractivity contribution in [3.05, 3.63) is 59.5 Å². The van der Waals surface area contributed by atoms with Crippen LogP contribution in [0.2, 0.25) is 0 Å². The summed E-state index contributed by atoms with van der Waals surface area (Å²) < 4.78 is 10.8. The van der Waals surface area contributed by atoms with Gasteiger partial charge in [-0.15, -0.1) is 11.3 Å². The van der Waals surface area contributed by atoms with E-state index in [0.29, 0.717) is 10.7 Å². The van der Waals surface area contributed by atoms with Gasteiger partial charge in [-0.25, -0.2) is 4.98 Å². The van der Waals surface area contributed by atoms with Crippen LogP contribution in [0.25, 0.3) is 11.3 Å². The minimum Gasteiger partial charge on any atom is -0.496 e. The zero-order valence-electron chi connectivity index (χ0n) is 15.6. The first-order valence-electron chi connectivity index (χ1n) is 9.07. The van der Waals surface area contributed by atoms with E-state index in [1.807, 2.05) is 53.9 Å². The van der Waals surface area contributed by atoms with E-state index in [2.05, 4.69) is 15.2 Å². The number of methoxy groups -OCH3 is 1. The highest BCUT2D eigenvalue weighted by molar-refractivity contribution is 7.14. The number of nitrogens with zero attached hydrogens (tertiary/aromatic N) is 2. The van der Waals surface area contributed by atoms with Crippen LogP contribution >= 0.6 is 11.3 Å². The van der Waals surface area contributed by atoms with Gasteiger partial charge in [0.2, 0.25) is 0 Å². The molecule has 4 rings (SSSR count). The Labute approximate surface area is 167 Å². The summed E-state index contributed by atoms with van der Waals surface area (Å²) in [6.07, 6.45) is 0. The van der Waals surface area contributed by atoms with Crippen molar-refractivity contribution < 1.29 is 14.3 Å². The SMILES string of the molecule is COc1ccccc1-c1csc(NC(=O)c2ccc(N3CCOCC3)cc2)n1. The molecule has 1 aromatic heterocycles. The van der Waals surface area contributed by atoms with Gasteiger partial charge in [0.05, 0.1) is 26.0 Å². The first kappa shape index (κ1) is 18.5. The summed E-state index contributed by atoms with van der Waals surface area (Å²) in [6.45, 7) is 3.22. The summed E-state index contributed by atoms with van der Waals surface area (Å²) in [5.41, 5.74) is 3.38. The summed E-state index contributed by atoms with van der Waals surface area (Å²) in [4.78, 5) is 19.4. The van der Waals surface area contributed by atoms with E-state index >= 15 is 0 Å². The maximum Gasteiger partial charge on any atom is 0.257 e. The molecular formula is C21H21N3O3S. The van der Waals surface area contributed by atoms with Crippen molar-refractivity contribution in [3.8, 4) is 17.0 Å². The van der Waals surface area contributed by atoms with Crippen LogP contribution in [0, 0.1) is 0 Å². The highest BCUT2D eigenvalue weighted by Crippen LogP contribution is 2.32. The average Bonchev–Trinajstić information content (AvgIpc) is 3.22. The summed E-state index contributed by atoms with van der Waals surface area (Å²) in [6, 6.07) is 15.3. The molecule has 1 aliphatic rings. The molecule has 0 bridgehead atoms. The molecule has 1 amide bonds. The normalized spacial score (nSPS) is 14.0. The van der Waals surface area contributed by atoms with Gasteiger partial charge in [-0.05, 0) is 36.4 Å². The van der Waals surface area contributed by atoms with Crippen molar-refractivity contribution in [2.24, 2.45) is 0 Å². The summed E-state index contributed by atoms with van der Waals surface area (Å²) in [5.74, 6) is 0.582. The van der Waals surface area contributed by atoms with Crippen LogP contribution in [0.4, 0.5) is 10.8 Å².